The van der Waals surface area contributed by atoms with Crippen molar-refractivity contribution in [1.29, 1.82) is 0 Å². The Kier molecular flexibility index (Phi) is 4.73. The molecule has 3 nitrogen and oxygen atoms in total. The van der Waals surface area contributed by atoms with Crippen LogP contribution in [0.3, 0.4) is 0 Å². The first-order valence-electron chi connectivity index (χ1n) is 6.23. The Balaban J connectivity index is 0.00000133. The zero-order valence-corrected chi connectivity index (χ0v) is 12.1. The van der Waals surface area contributed by atoms with Gasteiger partial charge in [0.15, 0.2) is 0 Å². The molecule has 0 bridgehead atoms. The lowest BCUT2D eigenvalue weighted by molar-refractivity contribution is 0.205. The summed E-state index contributed by atoms with van der Waals surface area (Å²) in [4.78, 5) is 6.92. The molecule has 0 radical (unpaired) electrons. The molecular weight excluding hydrogens is 285 g/mol. The minimum absolute atomic E-state index is 0. The number of halogens is 2. The van der Waals surface area contributed by atoms with Crippen LogP contribution in [-0.4, -0.2) is 29.0 Å². The quantitative estimate of drug-likeness (QED) is 0.927. The number of benzene rings is 1. The van der Waals surface area contributed by atoms with Crippen LogP contribution in [0.1, 0.15) is 17.8 Å². The molecule has 1 aromatic carbocycles. The number of likely N-dealkylation sites (tertiary alicyclic amines) is 1. The minimum Gasteiger partial charge on any atom is -0.328 e. The van der Waals surface area contributed by atoms with Gasteiger partial charge in [-0.3, -0.25) is 4.90 Å². The summed E-state index contributed by atoms with van der Waals surface area (Å²) in [7, 11) is 0. The van der Waals surface area contributed by atoms with Crippen LogP contribution in [0.15, 0.2) is 18.2 Å². The zero-order chi connectivity index (χ0) is 12.5. The number of nitrogens with two attached hydrogens (primary N) is 1. The van der Waals surface area contributed by atoms with Crippen molar-refractivity contribution < 1.29 is 4.39 Å². The number of thiazole rings is 1. The van der Waals surface area contributed by atoms with Crippen LogP contribution < -0.4 is 5.73 Å². The van der Waals surface area contributed by atoms with E-state index in [1.165, 1.54) is 6.07 Å². The van der Waals surface area contributed by atoms with E-state index >= 15 is 0 Å². The van der Waals surface area contributed by atoms with E-state index < -0.39 is 0 Å². The summed E-state index contributed by atoms with van der Waals surface area (Å²) in [6, 6.07) is 5.12. The Hall–Kier alpha value is -0.750. The second-order valence-corrected chi connectivity index (χ2v) is 5.95. The van der Waals surface area contributed by atoms with Gasteiger partial charge >= 0.3 is 0 Å². The minimum atomic E-state index is -0.193. The predicted molar refractivity (Wildman–Crippen MR) is 79.3 cm³/mol. The zero-order valence-electron chi connectivity index (χ0n) is 10.5. The third-order valence-corrected chi connectivity index (χ3v) is 4.39. The highest BCUT2D eigenvalue weighted by atomic mass is 35.5. The van der Waals surface area contributed by atoms with Crippen molar-refractivity contribution in [3.63, 3.8) is 0 Å². The van der Waals surface area contributed by atoms with E-state index in [9.17, 15) is 4.39 Å². The second-order valence-electron chi connectivity index (χ2n) is 4.83. The van der Waals surface area contributed by atoms with Crippen LogP contribution in [0, 0.1) is 5.82 Å². The third kappa shape index (κ3) is 3.42. The van der Waals surface area contributed by atoms with Crippen molar-refractivity contribution in [2.75, 3.05) is 13.1 Å². The van der Waals surface area contributed by atoms with E-state index in [-0.39, 0.29) is 18.2 Å². The molecule has 104 valence electrons. The van der Waals surface area contributed by atoms with Gasteiger partial charge in [0.2, 0.25) is 0 Å². The molecule has 1 saturated heterocycles. The molecule has 1 aliphatic rings. The normalized spacial score (nSPS) is 17.6. The summed E-state index contributed by atoms with van der Waals surface area (Å²) in [5.41, 5.74) is 6.78. The lowest BCUT2D eigenvalue weighted by Gasteiger charge is -2.29. The molecule has 1 aromatic heterocycles. The van der Waals surface area contributed by atoms with Crippen molar-refractivity contribution in [3.8, 4) is 0 Å². The second kappa shape index (κ2) is 6.13. The topological polar surface area (TPSA) is 42.1 Å². The van der Waals surface area contributed by atoms with Gasteiger partial charge in [-0.2, -0.15) is 0 Å². The maximum absolute atomic E-state index is 13.1. The monoisotopic (exact) mass is 301 g/mol. The molecule has 0 amide bonds. The molecule has 0 unspecified atom stereocenters. The lowest BCUT2D eigenvalue weighted by atomic mass is 10.1. The molecule has 0 saturated carbocycles. The third-order valence-electron chi connectivity index (χ3n) is 3.39. The Labute approximate surface area is 122 Å². The van der Waals surface area contributed by atoms with Crippen LogP contribution in [-0.2, 0) is 6.54 Å². The maximum Gasteiger partial charge on any atom is 0.124 e. The highest BCUT2D eigenvalue weighted by Gasteiger charge is 2.17. The number of nitrogens with zero attached hydrogens (tertiary/aromatic N) is 2. The molecule has 1 aliphatic heterocycles. The van der Waals surface area contributed by atoms with Crippen molar-refractivity contribution in [2.45, 2.75) is 25.4 Å². The van der Waals surface area contributed by atoms with Gasteiger partial charge in [-0.05, 0) is 31.0 Å². The van der Waals surface area contributed by atoms with Gasteiger partial charge in [0, 0.05) is 19.1 Å². The SMILES string of the molecule is Cl.NC1CCN(Cc2nc3ccc(F)cc3s2)CC1. The van der Waals surface area contributed by atoms with Gasteiger partial charge in [0.25, 0.3) is 0 Å². The Morgan fingerprint density at radius 2 is 2.11 bits per heavy atom. The van der Waals surface area contributed by atoms with Gasteiger partial charge in [-0.15, -0.1) is 23.7 Å². The van der Waals surface area contributed by atoms with Crippen LogP contribution in [0.4, 0.5) is 4.39 Å². The van der Waals surface area contributed by atoms with Crippen LogP contribution in [0.2, 0.25) is 0 Å². The fourth-order valence-corrected chi connectivity index (χ4v) is 3.35. The van der Waals surface area contributed by atoms with Gasteiger partial charge < -0.3 is 5.73 Å². The average molecular weight is 302 g/mol. The Morgan fingerprint density at radius 1 is 1.37 bits per heavy atom. The summed E-state index contributed by atoms with van der Waals surface area (Å²) in [6.45, 7) is 2.92. The molecule has 19 heavy (non-hydrogen) atoms. The van der Waals surface area contributed by atoms with Gasteiger partial charge in [0.1, 0.15) is 10.8 Å². The Morgan fingerprint density at radius 3 is 2.84 bits per heavy atom. The first-order valence-corrected chi connectivity index (χ1v) is 7.05. The van der Waals surface area contributed by atoms with E-state index in [0.717, 1.165) is 47.7 Å². The number of fused-ring (bicyclic) bond motifs is 1. The molecular formula is C13H17ClFN3S. The maximum atomic E-state index is 13.1. The first-order chi connectivity index (χ1) is 8.70. The molecule has 0 spiro atoms. The number of aromatic nitrogens is 1. The highest BCUT2D eigenvalue weighted by Crippen LogP contribution is 2.24. The largest absolute Gasteiger partial charge is 0.328 e. The van der Waals surface area contributed by atoms with Crippen LogP contribution >= 0.6 is 23.7 Å². The summed E-state index contributed by atoms with van der Waals surface area (Å²) in [6.07, 6.45) is 2.11. The number of hydrogen-bond acceptors (Lipinski definition) is 4. The number of rotatable bonds is 2. The van der Waals surface area contributed by atoms with Crippen molar-refractivity contribution in [2.24, 2.45) is 5.73 Å². The average Bonchev–Trinajstić information content (AvgIpc) is 2.73. The molecule has 0 atom stereocenters. The van der Waals surface area contributed by atoms with Crippen LogP contribution in [0.25, 0.3) is 10.2 Å². The van der Waals surface area contributed by atoms with E-state index in [1.807, 2.05) is 0 Å². The summed E-state index contributed by atoms with van der Waals surface area (Å²) < 4.78 is 14.0. The van der Waals surface area contributed by atoms with E-state index in [1.54, 1.807) is 23.5 Å². The Bertz CT molecular complexity index is 552. The lowest BCUT2D eigenvalue weighted by Crippen LogP contribution is -2.39. The van der Waals surface area contributed by atoms with Crippen LogP contribution in [0.5, 0.6) is 0 Å². The van der Waals surface area contributed by atoms with Crippen molar-refractivity contribution in [1.82, 2.24) is 9.88 Å². The summed E-state index contributed by atoms with van der Waals surface area (Å²) in [5, 5.41) is 1.06. The van der Waals surface area contributed by atoms with E-state index in [0.29, 0.717) is 6.04 Å². The number of hydrogen-bond donors (Lipinski definition) is 1. The molecule has 3 rings (SSSR count). The summed E-state index contributed by atoms with van der Waals surface area (Å²) >= 11 is 1.58. The first kappa shape index (κ1) is 14.7. The predicted octanol–water partition coefficient (Wildman–Crippen LogP) is 2.78. The van der Waals surface area contributed by atoms with Gasteiger partial charge in [-0.1, -0.05) is 0 Å². The smallest absolute Gasteiger partial charge is 0.124 e. The molecule has 6 heteroatoms. The molecule has 1 fully saturated rings. The van der Waals surface area contributed by atoms with Crippen molar-refractivity contribution in [3.05, 3.63) is 29.0 Å². The van der Waals surface area contributed by atoms with E-state index in [4.69, 9.17) is 5.73 Å². The highest BCUT2D eigenvalue weighted by molar-refractivity contribution is 7.18. The molecule has 0 aliphatic carbocycles. The van der Waals surface area contributed by atoms with E-state index in [2.05, 4.69) is 9.88 Å². The molecule has 2 heterocycles. The number of piperidine rings is 1. The van der Waals surface area contributed by atoms with Crippen molar-refractivity contribution >= 4 is 34.0 Å². The van der Waals surface area contributed by atoms with Gasteiger partial charge in [-0.25, -0.2) is 9.37 Å². The van der Waals surface area contributed by atoms with Gasteiger partial charge in [0.05, 0.1) is 16.8 Å². The fraction of sp³-hybridized carbons (Fsp3) is 0.462. The molecule has 2 N–H and O–H groups in total. The molecule has 2 aromatic rings. The summed E-state index contributed by atoms with van der Waals surface area (Å²) in [5.74, 6) is -0.193. The standard InChI is InChI=1S/C13H16FN3S.ClH/c14-9-1-2-11-12(7-9)18-13(16-11)8-17-5-3-10(15)4-6-17;/h1-2,7,10H,3-6,8,15H2;1H. The fourth-order valence-electron chi connectivity index (χ4n) is 2.32.